The van der Waals surface area contributed by atoms with E-state index in [0.29, 0.717) is 12.5 Å². The number of aryl methyl sites for hydroxylation is 2. The molecule has 0 fully saturated rings. The van der Waals surface area contributed by atoms with Crippen molar-refractivity contribution < 1.29 is 9.53 Å². The molecule has 0 radical (unpaired) electrons. The van der Waals surface area contributed by atoms with Crippen molar-refractivity contribution >= 4 is 5.78 Å². The van der Waals surface area contributed by atoms with Gasteiger partial charge in [0.2, 0.25) is 0 Å². The molecule has 0 heterocycles. The third kappa shape index (κ3) is 3.66. The van der Waals surface area contributed by atoms with Crippen LogP contribution in [0.4, 0.5) is 0 Å². The average molecular weight is 260 g/mol. The van der Waals surface area contributed by atoms with Crippen molar-refractivity contribution in [3.63, 3.8) is 0 Å². The van der Waals surface area contributed by atoms with Crippen molar-refractivity contribution in [1.29, 1.82) is 0 Å². The second-order valence-corrected chi connectivity index (χ2v) is 5.46. The summed E-state index contributed by atoms with van der Waals surface area (Å²) in [6.45, 7) is 5.25. The van der Waals surface area contributed by atoms with Crippen LogP contribution in [0.25, 0.3) is 0 Å². The maximum Gasteiger partial charge on any atom is 0.188 e. The summed E-state index contributed by atoms with van der Waals surface area (Å²) in [5.74, 6) is 0.688. The number of benzene rings is 1. The van der Waals surface area contributed by atoms with Crippen LogP contribution in [0.15, 0.2) is 18.2 Å². The van der Waals surface area contributed by atoms with E-state index in [1.807, 2.05) is 6.07 Å². The first-order valence-corrected chi connectivity index (χ1v) is 7.47. The van der Waals surface area contributed by atoms with Crippen LogP contribution in [0.1, 0.15) is 54.6 Å². The van der Waals surface area contributed by atoms with E-state index in [1.54, 1.807) is 0 Å². The highest BCUT2D eigenvalue weighted by Crippen LogP contribution is 2.23. The van der Waals surface area contributed by atoms with Gasteiger partial charge in [0.05, 0.1) is 0 Å². The standard InChI is InChI=1S/C17H24O2/c1-3-13(4-2)11-19-12-17(18)16-9-8-14-6-5-7-15(14)10-16/h8-10,13H,3-7,11-12H2,1-2H3. The van der Waals surface area contributed by atoms with E-state index in [-0.39, 0.29) is 12.4 Å². The van der Waals surface area contributed by atoms with Crippen LogP contribution in [-0.4, -0.2) is 19.0 Å². The van der Waals surface area contributed by atoms with Crippen molar-refractivity contribution in [3.8, 4) is 0 Å². The van der Waals surface area contributed by atoms with Gasteiger partial charge in [-0.1, -0.05) is 38.8 Å². The monoisotopic (exact) mass is 260 g/mol. The van der Waals surface area contributed by atoms with E-state index in [9.17, 15) is 4.79 Å². The van der Waals surface area contributed by atoms with Gasteiger partial charge < -0.3 is 4.74 Å². The Morgan fingerprint density at radius 3 is 2.68 bits per heavy atom. The molecule has 1 aromatic rings. The highest BCUT2D eigenvalue weighted by molar-refractivity contribution is 5.97. The molecule has 2 heteroatoms. The fourth-order valence-electron chi connectivity index (χ4n) is 2.67. The Labute approximate surface area is 116 Å². The minimum Gasteiger partial charge on any atom is -0.373 e. The highest BCUT2D eigenvalue weighted by atomic mass is 16.5. The van der Waals surface area contributed by atoms with Gasteiger partial charge in [0.1, 0.15) is 6.61 Å². The maximum atomic E-state index is 12.1. The zero-order valence-corrected chi connectivity index (χ0v) is 12.1. The van der Waals surface area contributed by atoms with Crippen LogP contribution in [-0.2, 0) is 17.6 Å². The Bertz CT molecular complexity index is 433. The van der Waals surface area contributed by atoms with Crippen LogP contribution in [0.3, 0.4) is 0 Å². The van der Waals surface area contributed by atoms with Gasteiger partial charge in [-0.2, -0.15) is 0 Å². The van der Waals surface area contributed by atoms with Crippen molar-refractivity contribution in [1.82, 2.24) is 0 Å². The normalized spacial score (nSPS) is 13.8. The Morgan fingerprint density at radius 2 is 1.95 bits per heavy atom. The number of ether oxygens (including phenoxy) is 1. The molecule has 0 N–H and O–H groups in total. The molecule has 1 aliphatic carbocycles. The Balaban J connectivity index is 1.86. The molecule has 0 spiro atoms. The number of ketones is 1. The van der Waals surface area contributed by atoms with Gasteiger partial charge in [-0.25, -0.2) is 0 Å². The fraction of sp³-hybridized carbons (Fsp3) is 0.588. The van der Waals surface area contributed by atoms with Crippen LogP contribution >= 0.6 is 0 Å². The van der Waals surface area contributed by atoms with E-state index in [2.05, 4.69) is 26.0 Å². The Hall–Kier alpha value is -1.15. The van der Waals surface area contributed by atoms with Crippen LogP contribution < -0.4 is 0 Å². The predicted octanol–water partition coefficient (Wildman–Crippen LogP) is 3.81. The molecule has 1 aliphatic rings. The summed E-state index contributed by atoms with van der Waals surface area (Å²) in [4.78, 5) is 12.1. The number of carbonyl (C=O) groups excluding carboxylic acids is 1. The summed E-state index contributed by atoms with van der Waals surface area (Å²) in [5.41, 5.74) is 3.57. The van der Waals surface area contributed by atoms with Gasteiger partial charge in [-0.05, 0) is 42.4 Å². The zero-order valence-electron chi connectivity index (χ0n) is 12.1. The summed E-state index contributed by atoms with van der Waals surface area (Å²) in [6.07, 6.45) is 5.73. The van der Waals surface area contributed by atoms with E-state index >= 15 is 0 Å². The molecule has 0 saturated heterocycles. The second kappa shape index (κ2) is 6.85. The van der Waals surface area contributed by atoms with E-state index in [0.717, 1.165) is 31.2 Å². The summed E-state index contributed by atoms with van der Waals surface area (Å²) in [7, 11) is 0. The molecule has 0 amide bonds. The SMILES string of the molecule is CCC(CC)COCC(=O)c1ccc2c(c1)CCC2. The summed E-state index contributed by atoms with van der Waals surface area (Å²) >= 11 is 0. The predicted molar refractivity (Wildman–Crippen MR) is 77.7 cm³/mol. The quantitative estimate of drug-likeness (QED) is 0.697. The first kappa shape index (κ1) is 14.3. The molecule has 0 aromatic heterocycles. The average Bonchev–Trinajstić information content (AvgIpc) is 2.90. The first-order chi connectivity index (χ1) is 9.24. The second-order valence-electron chi connectivity index (χ2n) is 5.46. The Kier molecular flexibility index (Phi) is 5.15. The lowest BCUT2D eigenvalue weighted by Gasteiger charge is -2.12. The molecule has 0 atom stereocenters. The van der Waals surface area contributed by atoms with E-state index < -0.39 is 0 Å². The summed E-state index contributed by atoms with van der Waals surface area (Å²) in [6, 6.07) is 6.12. The summed E-state index contributed by atoms with van der Waals surface area (Å²) < 4.78 is 5.56. The third-order valence-corrected chi connectivity index (χ3v) is 4.16. The highest BCUT2D eigenvalue weighted by Gasteiger charge is 2.14. The molecule has 104 valence electrons. The Morgan fingerprint density at radius 1 is 1.21 bits per heavy atom. The number of hydrogen-bond donors (Lipinski definition) is 0. The third-order valence-electron chi connectivity index (χ3n) is 4.16. The van der Waals surface area contributed by atoms with Gasteiger partial charge in [-0.15, -0.1) is 0 Å². The van der Waals surface area contributed by atoms with Crippen molar-refractivity contribution in [2.75, 3.05) is 13.2 Å². The molecule has 19 heavy (non-hydrogen) atoms. The number of Topliss-reactive ketones (excluding diaryl/α,β-unsaturated/α-hetero) is 1. The zero-order chi connectivity index (χ0) is 13.7. The number of rotatable bonds is 7. The first-order valence-electron chi connectivity index (χ1n) is 7.47. The van der Waals surface area contributed by atoms with Crippen molar-refractivity contribution in [2.45, 2.75) is 46.0 Å². The molecule has 0 bridgehead atoms. The maximum absolute atomic E-state index is 12.1. The van der Waals surface area contributed by atoms with E-state index in [1.165, 1.54) is 17.5 Å². The molecular weight excluding hydrogens is 236 g/mol. The molecule has 2 rings (SSSR count). The molecule has 0 aliphatic heterocycles. The van der Waals surface area contributed by atoms with Crippen molar-refractivity contribution in [2.24, 2.45) is 5.92 Å². The van der Waals surface area contributed by atoms with Gasteiger partial charge in [0.25, 0.3) is 0 Å². The molecule has 0 unspecified atom stereocenters. The van der Waals surface area contributed by atoms with Crippen molar-refractivity contribution in [3.05, 3.63) is 34.9 Å². The largest absolute Gasteiger partial charge is 0.373 e. The summed E-state index contributed by atoms with van der Waals surface area (Å²) in [5, 5.41) is 0. The lowest BCUT2D eigenvalue weighted by Crippen LogP contribution is -2.14. The van der Waals surface area contributed by atoms with Crippen LogP contribution in [0, 0.1) is 5.92 Å². The van der Waals surface area contributed by atoms with Crippen LogP contribution in [0.5, 0.6) is 0 Å². The number of hydrogen-bond acceptors (Lipinski definition) is 2. The van der Waals surface area contributed by atoms with Gasteiger partial charge >= 0.3 is 0 Å². The minimum absolute atomic E-state index is 0.112. The lowest BCUT2D eigenvalue weighted by atomic mass is 10.0. The van der Waals surface area contributed by atoms with Gasteiger partial charge in [0, 0.05) is 12.2 Å². The number of fused-ring (bicyclic) bond motifs is 1. The number of carbonyl (C=O) groups is 1. The minimum atomic E-state index is 0.112. The topological polar surface area (TPSA) is 26.3 Å². The molecular formula is C17H24O2. The van der Waals surface area contributed by atoms with E-state index in [4.69, 9.17) is 4.74 Å². The lowest BCUT2D eigenvalue weighted by molar-refractivity contribution is 0.0666. The van der Waals surface area contributed by atoms with Crippen LogP contribution in [0.2, 0.25) is 0 Å². The van der Waals surface area contributed by atoms with Gasteiger partial charge in [-0.3, -0.25) is 4.79 Å². The fourth-order valence-corrected chi connectivity index (χ4v) is 2.67. The van der Waals surface area contributed by atoms with Gasteiger partial charge in [0.15, 0.2) is 5.78 Å². The molecule has 1 aromatic carbocycles. The molecule has 2 nitrogen and oxygen atoms in total. The molecule has 0 saturated carbocycles. The smallest absolute Gasteiger partial charge is 0.188 e.